The van der Waals surface area contributed by atoms with Crippen LogP contribution in [0.2, 0.25) is 0 Å². The molecule has 1 aliphatic heterocycles. The molecule has 0 saturated carbocycles. The van der Waals surface area contributed by atoms with Crippen LogP contribution in [0.1, 0.15) is 16.8 Å². The molecule has 7 nitrogen and oxygen atoms in total. The molecule has 0 atom stereocenters. The maximum Gasteiger partial charge on any atom is 0.262 e. The van der Waals surface area contributed by atoms with Crippen LogP contribution in [0.25, 0.3) is 0 Å². The van der Waals surface area contributed by atoms with E-state index in [0.29, 0.717) is 36.0 Å². The van der Waals surface area contributed by atoms with E-state index in [0.717, 1.165) is 6.42 Å². The fourth-order valence-corrected chi connectivity index (χ4v) is 3.52. The van der Waals surface area contributed by atoms with Gasteiger partial charge in [-0.2, -0.15) is 0 Å². The second kappa shape index (κ2) is 8.01. The predicted molar refractivity (Wildman–Crippen MR) is 100 cm³/mol. The molecule has 27 heavy (non-hydrogen) atoms. The Morgan fingerprint density at radius 2 is 1.78 bits per heavy atom. The van der Waals surface area contributed by atoms with Crippen LogP contribution < -0.4 is 19.5 Å². The third-order valence-electron chi connectivity index (χ3n) is 3.78. The maximum atomic E-state index is 12.6. The van der Waals surface area contributed by atoms with Gasteiger partial charge in [0.1, 0.15) is 0 Å². The molecular weight excluding hydrogens is 368 g/mol. The van der Waals surface area contributed by atoms with Gasteiger partial charge < -0.3 is 14.8 Å². The molecule has 0 radical (unpaired) electrons. The molecule has 2 aromatic rings. The van der Waals surface area contributed by atoms with Crippen LogP contribution >= 0.6 is 0 Å². The molecule has 1 amide bonds. The Kier molecular flexibility index (Phi) is 5.52. The molecule has 2 N–H and O–H groups in total. The van der Waals surface area contributed by atoms with Crippen molar-refractivity contribution in [1.29, 1.82) is 0 Å². The minimum Gasteiger partial charge on any atom is -0.490 e. The summed E-state index contributed by atoms with van der Waals surface area (Å²) in [6, 6.07) is 10.5. The maximum absolute atomic E-state index is 12.6. The number of ether oxygens (including phenoxy) is 2. The number of nitrogens with one attached hydrogen (secondary N) is 2. The number of rotatable bonds is 5. The molecule has 0 aliphatic carbocycles. The fraction of sp³-hybridized carbons (Fsp3) is 0.211. The van der Waals surface area contributed by atoms with Gasteiger partial charge in [0.15, 0.2) is 11.5 Å². The van der Waals surface area contributed by atoms with Crippen molar-refractivity contribution < 1.29 is 22.7 Å². The zero-order chi connectivity index (χ0) is 19.3. The minimum absolute atomic E-state index is 0.0580. The lowest BCUT2D eigenvalue weighted by molar-refractivity contribution is 0.0958. The van der Waals surface area contributed by atoms with Crippen molar-refractivity contribution >= 4 is 21.6 Å². The van der Waals surface area contributed by atoms with Gasteiger partial charge in [-0.25, -0.2) is 8.42 Å². The lowest BCUT2D eigenvalue weighted by Crippen LogP contribution is -2.23. The van der Waals surface area contributed by atoms with Crippen LogP contribution in [0, 0.1) is 12.3 Å². The van der Waals surface area contributed by atoms with E-state index >= 15 is 0 Å². The summed E-state index contributed by atoms with van der Waals surface area (Å²) in [4.78, 5) is 11.9. The van der Waals surface area contributed by atoms with Crippen LogP contribution in [-0.4, -0.2) is 34.1 Å². The highest BCUT2D eigenvalue weighted by atomic mass is 32.2. The highest BCUT2D eigenvalue weighted by Crippen LogP contribution is 2.32. The number of carbonyl (C=O) groups excluding carboxylic acids is 1. The van der Waals surface area contributed by atoms with Gasteiger partial charge >= 0.3 is 0 Å². The fourth-order valence-electron chi connectivity index (χ4n) is 2.45. The van der Waals surface area contributed by atoms with E-state index in [2.05, 4.69) is 16.0 Å². The smallest absolute Gasteiger partial charge is 0.262 e. The minimum atomic E-state index is -3.82. The topological polar surface area (TPSA) is 93.7 Å². The molecule has 0 spiro atoms. The van der Waals surface area contributed by atoms with Crippen LogP contribution in [0.4, 0.5) is 5.69 Å². The molecule has 0 unspecified atom stereocenters. The first kappa shape index (κ1) is 18.6. The van der Waals surface area contributed by atoms with Gasteiger partial charge in [-0.1, -0.05) is 5.92 Å². The summed E-state index contributed by atoms with van der Waals surface area (Å²) in [6.07, 6.45) is 5.83. The number of anilines is 1. The molecule has 0 fully saturated rings. The summed E-state index contributed by atoms with van der Waals surface area (Å²) in [6.45, 7) is 1.11. The van der Waals surface area contributed by atoms with E-state index in [4.69, 9.17) is 15.9 Å². The van der Waals surface area contributed by atoms with Crippen LogP contribution in [0.3, 0.4) is 0 Å². The largest absolute Gasteiger partial charge is 0.490 e. The SMILES string of the molecule is C#CCNC(=O)c1ccc(NS(=O)(=O)c2ccc3c(c2)OCCCO3)cc1. The Bertz CT molecular complexity index is 978. The van der Waals surface area contributed by atoms with Crippen molar-refractivity contribution in [3.8, 4) is 23.8 Å². The number of hydrogen-bond acceptors (Lipinski definition) is 5. The van der Waals surface area contributed by atoms with Gasteiger partial charge in [0, 0.05) is 23.7 Å². The molecular formula is C19H18N2O5S. The second-order valence-electron chi connectivity index (χ2n) is 5.73. The number of benzene rings is 2. The molecule has 0 saturated heterocycles. The number of fused-ring (bicyclic) bond motifs is 1. The van der Waals surface area contributed by atoms with Crippen molar-refractivity contribution in [2.24, 2.45) is 0 Å². The van der Waals surface area contributed by atoms with Crippen molar-refractivity contribution in [3.05, 3.63) is 48.0 Å². The Labute approximate surface area is 157 Å². The molecule has 3 rings (SSSR count). The Hall–Kier alpha value is -3.18. The predicted octanol–water partition coefficient (Wildman–Crippen LogP) is 2.01. The van der Waals surface area contributed by atoms with Gasteiger partial charge in [-0.3, -0.25) is 9.52 Å². The summed E-state index contributed by atoms with van der Waals surface area (Å²) >= 11 is 0. The number of amides is 1. The first-order valence-corrected chi connectivity index (χ1v) is 9.72. The zero-order valence-electron chi connectivity index (χ0n) is 14.4. The Balaban J connectivity index is 1.76. The number of sulfonamides is 1. The summed E-state index contributed by atoms with van der Waals surface area (Å²) in [5.41, 5.74) is 0.708. The van der Waals surface area contributed by atoms with E-state index in [1.54, 1.807) is 6.07 Å². The van der Waals surface area contributed by atoms with Crippen molar-refractivity contribution in [1.82, 2.24) is 5.32 Å². The van der Waals surface area contributed by atoms with Crippen molar-refractivity contribution in [3.63, 3.8) is 0 Å². The van der Waals surface area contributed by atoms with Gasteiger partial charge in [-0.05, 0) is 36.4 Å². The monoisotopic (exact) mass is 386 g/mol. The average molecular weight is 386 g/mol. The number of carbonyl (C=O) groups is 1. The van der Waals surface area contributed by atoms with Crippen LogP contribution in [-0.2, 0) is 10.0 Å². The molecule has 0 aromatic heterocycles. The average Bonchev–Trinajstić information content (AvgIpc) is 2.91. The van der Waals surface area contributed by atoms with E-state index in [1.165, 1.54) is 36.4 Å². The second-order valence-corrected chi connectivity index (χ2v) is 7.41. The molecule has 0 bridgehead atoms. The summed E-state index contributed by atoms with van der Waals surface area (Å²) < 4.78 is 38.8. The van der Waals surface area contributed by atoms with Crippen molar-refractivity contribution in [2.75, 3.05) is 24.5 Å². The lowest BCUT2D eigenvalue weighted by Gasteiger charge is -2.12. The van der Waals surface area contributed by atoms with E-state index < -0.39 is 10.0 Å². The summed E-state index contributed by atoms with van der Waals surface area (Å²) in [5, 5.41) is 2.54. The first-order chi connectivity index (χ1) is 13.0. The number of terminal acetylenes is 1. The third-order valence-corrected chi connectivity index (χ3v) is 5.16. The summed E-state index contributed by atoms with van der Waals surface area (Å²) in [7, 11) is -3.82. The van der Waals surface area contributed by atoms with Gasteiger partial charge in [0.2, 0.25) is 0 Å². The third kappa shape index (κ3) is 4.51. The van der Waals surface area contributed by atoms with Crippen LogP contribution in [0.15, 0.2) is 47.4 Å². The van der Waals surface area contributed by atoms with Crippen molar-refractivity contribution in [2.45, 2.75) is 11.3 Å². The van der Waals surface area contributed by atoms with E-state index in [-0.39, 0.29) is 17.3 Å². The summed E-state index contributed by atoms with van der Waals surface area (Å²) in [5.74, 6) is 2.90. The highest BCUT2D eigenvalue weighted by molar-refractivity contribution is 7.92. The van der Waals surface area contributed by atoms with E-state index in [9.17, 15) is 13.2 Å². The highest BCUT2D eigenvalue weighted by Gasteiger charge is 2.19. The Morgan fingerprint density at radius 1 is 1.07 bits per heavy atom. The molecule has 8 heteroatoms. The van der Waals surface area contributed by atoms with Crippen LogP contribution in [0.5, 0.6) is 11.5 Å². The Morgan fingerprint density at radius 3 is 2.48 bits per heavy atom. The molecule has 1 aliphatic rings. The molecule has 1 heterocycles. The zero-order valence-corrected chi connectivity index (χ0v) is 15.2. The lowest BCUT2D eigenvalue weighted by atomic mass is 10.2. The molecule has 140 valence electrons. The molecule has 2 aromatic carbocycles. The standard InChI is InChI=1S/C19H18N2O5S/c1-2-10-20-19(22)14-4-6-15(7-5-14)21-27(23,24)16-8-9-17-18(13-16)26-12-3-11-25-17/h1,4-9,13,21H,3,10-12H2,(H,20,22). The van der Waals surface area contributed by atoms with Gasteiger partial charge in [0.25, 0.3) is 15.9 Å². The quantitative estimate of drug-likeness (QED) is 0.767. The number of hydrogen-bond donors (Lipinski definition) is 2. The normalized spacial score (nSPS) is 13.1. The van der Waals surface area contributed by atoms with E-state index in [1.807, 2.05) is 0 Å². The van der Waals surface area contributed by atoms with Gasteiger partial charge in [-0.15, -0.1) is 6.42 Å². The van der Waals surface area contributed by atoms with Gasteiger partial charge in [0.05, 0.1) is 24.7 Å². The first-order valence-electron chi connectivity index (χ1n) is 8.24.